The first-order chi connectivity index (χ1) is 11.2. The van der Waals surface area contributed by atoms with Crippen molar-refractivity contribution in [2.24, 2.45) is 7.05 Å². The van der Waals surface area contributed by atoms with Crippen LogP contribution < -0.4 is 5.32 Å². The zero-order chi connectivity index (χ0) is 16.2. The summed E-state index contributed by atoms with van der Waals surface area (Å²) >= 11 is 0. The van der Waals surface area contributed by atoms with Gasteiger partial charge in [0.15, 0.2) is 0 Å². The summed E-state index contributed by atoms with van der Waals surface area (Å²) in [6.07, 6.45) is 5.86. The molecule has 3 heterocycles. The van der Waals surface area contributed by atoms with E-state index in [0.29, 0.717) is 6.04 Å². The number of pyridine rings is 1. The fourth-order valence-corrected chi connectivity index (χ4v) is 3.61. The highest BCUT2D eigenvalue weighted by molar-refractivity contribution is 5.85. The Bertz CT molecular complexity index is 640. The van der Waals surface area contributed by atoms with Gasteiger partial charge in [0.2, 0.25) is 0 Å². The van der Waals surface area contributed by atoms with Gasteiger partial charge in [0, 0.05) is 62.9 Å². The molecule has 0 saturated carbocycles. The lowest BCUT2D eigenvalue weighted by Crippen LogP contribution is -2.45. The number of piperazine rings is 1. The molecular weight excluding hydrogens is 322 g/mol. The molecule has 1 aliphatic heterocycles. The molecule has 0 aromatic carbocycles. The third-order valence-electron chi connectivity index (χ3n) is 4.81. The van der Waals surface area contributed by atoms with Gasteiger partial charge >= 0.3 is 0 Å². The van der Waals surface area contributed by atoms with E-state index in [4.69, 9.17) is 5.10 Å². The van der Waals surface area contributed by atoms with Crippen molar-refractivity contribution in [3.05, 3.63) is 47.0 Å². The maximum Gasteiger partial charge on any atom is 0.0669 e. The predicted octanol–water partition coefficient (Wildman–Crippen LogP) is 2.51. The second-order valence-corrected chi connectivity index (χ2v) is 6.18. The standard InChI is InChI=1S/C18H27N5.ClH/c1-4-16-15(17(5-2)22(3)21-16)13-23-10-9-20-12-18(23)14-7-6-8-19-11-14;/h6-8,11,18,20H,4-5,9-10,12-13H2,1-3H3;1H. The molecule has 1 saturated heterocycles. The second kappa shape index (κ2) is 8.60. The van der Waals surface area contributed by atoms with Gasteiger partial charge in [0.05, 0.1) is 5.69 Å². The second-order valence-electron chi connectivity index (χ2n) is 6.18. The number of nitrogens with zero attached hydrogens (tertiary/aromatic N) is 4. The Morgan fingerprint density at radius 1 is 1.29 bits per heavy atom. The van der Waals surface area contributed by atoms with Gasteiger partial charge < -0.3 is 5.32 Å². The van der Waals surface area contributed by atoms with Crippen molar-refractivity contribution < 1.29 is 0 Å². The normalized spacial score (nSPS) is 18.4. The molecule has 24 heavy (non-hydrogen) atoms. The minimum atomic E-state index is 0. The van der Waals surface area contributed by atoms with Crippen molar-refractivity contribution in [1.29, 1.82) is 0 Å². The molecule has 1 aliphatic rings. The van der Waals surface area contributed by atoms with Gasteiger partial charge in [-0.15, -0.1) is 12.4 Å². The van der Waals surface area contributed by atoms with E-state index in [1.807, 2.05) is 18.5 Å². The number of rotatable bonds is 5. The van der Waals surface area contributed by atoms with Crippen LogP contribution in [0.15, 0.2) is 24.5 Å². The highest BCUT2D eigenvalue weighted by atomic mass is 35.5. The fourth-order valence-electron chi connectivity index (χ4n) is 3.61. The lowest BCUT2D eigenvalue weighted by molar-refractivity contribution is 0.152. The van der Waals surface area contributed by atoms with Crippen molar-refractivity contribution in [1.82, 2.24) is 25.0 Å². The first-order valence-corrected chi connectivity index (χ1v) is 8.62. The Balaban J connectivity index is 0.00000208. The largest absolute Gasteiger partial charge is 0.314 e. The van der Waals surface area contributed by atoms with E-state index in [0.717, 1.165) is 39.0 Å². The summed E-state index contributed by atoms with van der Waals surface area (Å²) in [4.78, 5) is 6.87. The molecule has 2 aromatic rings. The summed E-state index contributed by atoms with van der Waals surface area (Å²) in [6.45, 7) is 8.47. The summed E-state index contributed by atoms with van der Waals surface area (Å²) in [5.74, 6) is 0. The molecule has 1 fully saturated rings. The summed E-state index contributed by atoms with van der Waals surface area (Å²) in [7, 11) is 2.07. The van der Waals surface area contributed by atoms with Gasteiger partial charge in [-0.25, -0.2) is 0 Å². The van der Waals surface area contributed by atoms with Crippen molar-refractivity contribution in [2.45, 2.75) is 39.3 Å². The van der Waals surface area contributed by atoms with Crippen LogP contribution in [0.2, 0.25) is 0 Å². The van der Waals surface area contributed by atoms with Gasteiger partial charge in [0.1, 0.15) is 0 Å². The highest BCUT2D eigenvalue weighted by Gasteiger charge is 2.26. The van der Waals surface area contributed by atoms with Crippen molar-refractivity contribution >= 4 is 12.4 Å². The average Bonchev–Trinajstić information content (AvgIpc) is 2.91. The number of halogens is 1. The third kappa shape index (κ3) is 3.79. The van der Waals surface area contributed by atoms with Crippen molar-refractivity contribution in [3.8, 4) is 0 Å². The number of nitrogens with one attached hydrogen (secondary N) is 1. The van der Waals surface area contributed by atoms with Crippen LogP contribution in [-0.4, -0.2) is 39.3 Å². The lowest BCUT2D eigenvalue weighted by Gasteiger charge is -2.36. The Labute approximate surface area is 150 Å². The van der Waals surface area contributed by atoms with Crippen LogP contribution in [0.3, 0.4) is 0 Å². The molecule has 0 spiro atoms. The van der Waals surface area contributed by atoms with Gasteiger partial charge in [0.25, 0.3) is 0 Å². The molecule has 0 aliphatic carbocycles. The highest BCUT2D eigenvalue weighted by Crippen LogP contribution is 2.26. The van der Waals surface area contributed by atoms with Gasteiger partial charge in [-0.1, -0.05) is 19.9 Å². The van der Waals surface area contributed by atoms with E-state index >= 15 is 0 Å². The van der Waals surface area contributed by atoms with Gasteiger partial charge in [-0.3, -0.25) is 14.6 Å². The molecule has 1 unspecified atom stereocenters. The van der Waals surface area contributed by atoms with Crippen LogP contribution in [0, 0.1) is 0 Å². The topological polar surface area (TPSA) is 46.0 Å². The van der Waals surface area contributed by atoms with Crippen LogP contribution in [0.4, 0.5) is 0 Å². The number of hydrogen-bond acceptors (Lipinski definition) is 4. The van der Waals surface area contributed by atoms with E-state index in [9.17, 15) is 0 Å². The molecule has 0 amide bonds. The van der Waals surface area contributed by atoms with E-state index in [-0.39, 0.29) is 12.4 Å². The zero-order valence-electron chi connectivity index (χ0n) is 14.8. The fraction of sp³-hybridized carbons (Fsp3) is 0.556. The number of aryl methyl sites for hydroxylation is 2. The molecule has 132 valence electrons. The molecule has 2 aromatic heterocycles. The summed E-state index contributed by atoms with van der Waals surface area (Å²) in [5, 5.41) is 8.25. The maximum atomic E-state index is 4.73. The molecule has 1 N–H and O–H groups in total. The van der Waals surface area contributed by atoms with E-state index in [1.54, 1.807) is 0 Å². The molecule has 5 nitrogen and oxygen atoms in total. The monoisotopic (exact) mass is 349 g/mol. The van der Waals surface area contributed by atoms with Crippen molar-refractivity contribution in [2.75, 3.05) is 19.6 Å². The average molecular weight is 350 g/mol. The van der Waals surface area contributed by atoms with Crippen LogP contribution in [0.1, 0.15) is 42.4 Å². The molecular formula is C18H28ClN5. The lowest BCUT2D eigenvalue weighted by atomic mass is 10.0. The molecule has 1 atom stereocenters. The quantitative estimate of drug-likeness (QED) is 0.901. The first-order valence-electron chi connectivity index (χ1n) is 8.62. The van der Waals surface area contributed by atoms with Crippen LogP contribution in [0.5, 0.6) is 0 Å². The van der Waals surface area contributed by atoms with Crippen LogP contribution >= 0.6 is 12.4 Å². The van der Waals surface area contributed by atoms with Crippen LogP contribution in [0.25, 0.3) is 0 Å². The molecule has 3 rings (SSSR count). The summed E-state index contributed by atoms with van der Waals surface area (Å²) in [6, 6.07) is 4.59. The minimum Gasteiger partial charge on any atom is -0.314 e. The number of hydrogen-bond donors (Lipinski definition) is 1. The number of aromatic nitrogens is 3. The van der Waals surface area contributed by atoms with Gasteiger partial charge in [-0.05, 0) is 24.5 Å². The Hall–Kier alpha value is -1.43. The Morgan fingerprint density at radius 3 is 2.79 bits per heavy atom. The SMILES string of the molecule is CCc1nn(C)c(CC)c1CN1CCNCC1c1cccnc1.Cl. The van der Waals surface area contributed by atoms with Crippen LogP contribution in [-0.2, 0) is 26.4 Å². The molecule has 0 radical (unpaired) electrons. The first kappa shape index (κ1) is 18.9. The maximum absolute atomic E-state index is 4.73. The molecule has 0 bridgehead atoms. The minimum absolute atomic E-state index is 0. The third-order valence-corrected chi connectivity index (χ3v) is 4.81. The Kier molecular flexibility index (Phi) is 6.78. The van der Waals surface area contributed by atoms with Crippen molar-refractivity contribution in [3.63, 3.8) is 0 Å². The summed E-state index contributed by atoms with van der Waals surface area (Å²) < 4.78 is 2.06. The summed E-state index contributed by atoms with van der Waals surface area (Å²) in [5.41, 5.74) is 5.33. The molecule has 6 heteroatoms. The zero-order valence-corrected chi connectivity index (χ0v) is 15.6. The smallest absolute Gasteiger partial charge is 0.0669 e. The Morgan fingerprint density at radius 2 is 2.12 bits per heavy atom. The predicted molar refractivity (Wildman–Crippen MR) is 99.5 cm³/mol. The van der Waals surface area contributed by atoms with E-state index in [2.05, 4.69) is 46.8 Å². The van der Waals surface area contributed by atoms with E-state index in [1.165, 1.54) is 22.5 Å². The van der Waals surface area contributed by atoms with Gasteiger partial charge in [-0.2, -0.15) is 5.10 Å². The van der Waals surface area contributed by atoms with E-state index < -0.39 is 0 Å².